The average Bonchev–Trinajstić information content (AvgIpc) is 2.42. The summed E-state index contributed by atoms with van der Waals surface area (Å²) in [7, 11) is 1.61. The Bertz CT molecular complexity index is 302. The van der Waals surface area contributed by atoms with Crippen LogP contribution in [0.15, 0.2) is 30.3 Å². The van der Waals surface area contributed by atoms with Crippen LogP contribution in [0, 0.1) is 0 Å². The molecular weight excluding hydrogens is 232 g/mol. The van der Waals surface area contributed by atoms with E-state index < -0.39 is 12.2 Å². The molecule has 1 aromatic carbocycles. The maximum Gasteiger partial charge on any atom is 0.0791 e. The standard InChI is InChI=1S/C14H22O4/c1-17-9-10-18-11-13(15)7-8-14(16)12-5-3-2-4-6-12/h2-6,13-16H,7-11H2,1H3. The molecule has 0 radical (unpaired) electrons. The predicted molar refractivity (Wildman–Crippen MR) is 69.3 cm³/mol. The molecule has 2 unspecified atom stereocenters. The number of methoxy groups -OCH3 is 1. The number of aliphatic hydroxyl groups is 2. The van der Waals surface area contributed by atoms with Gasteiger partial charge in [0, 0.05) is 7.11 Å². The molecule has 18 heavy (non-hydrogen) atoms. The first-order chi connectivity index (χ1) is 8.74. The van der Waals surface area contributed by atoms with Crippen molar-refractivity contribution in [2.75, 3.05) is 26.9 Å². The zero-order chi connectivity index (χ0) is 13.2. The second-order valence-corrected chi connectivity index (χ2v) is 4.23. The lowest BCUT2D eigenvalue weighted by Crippen LogP contribution is -2.18. The Morgan fingerprint density at radius 2 is 1.78 bits per heavy atom. The number of ether oxygens (including phenoxy) is 2. The summed E-state index contributed by atoms with van der Waals surface area (Å²) in [6.45, 7) is 1.29. The Labute approximate surface area is 108 Å². The molecule has 0 aliphatic heterocycles. The highest BCUT2D eigenvalue weighted by Crippen LogP contribution is 2.18. The van der Waals surface area contributed by atoms with E-state index in [0.29, 0.717) is 26.1 Å². The zero-order valence-electron chi connectivity index (χ0n) is 10.8. The van der Waals surface area contributed by atoms with Gasteiger partial charge in [-0.15, -0.1) is 0 Å². The van der Waals surface area contributed by atoms with Crippen LogP contribution in [0.25, 0.3) is 0 Å². The van der Waals surface area contributed by atoms with Gasteiger partial charge < -0.3 is 19.7 Å². The van der Waals surface area contributed by atoms with Gasteiger partial charge in [-0.1, -0.05) is 30.3 Å². The Hall–Kier alpha value is -0.940. The van der Waals surface area contributed by atoms with Crippen LogP contribution in [0.5, 0.6) is 0 Å². The van der Waals surface area contributed by atoms with Gasteiger partial charge in [0.15, 0.2) is 0 Å². The van der Waals surface area contributed by atoms with Crippen LogP contribution in [0.3, 0.4) is 0 Å². The molecule has 0 saturated heterocycles. The van der Waals surface area contributed by atoms with E-state index in [1.807, 2.05) is 30.3 Å². The summed E-state index contributed by atoms with van der Waals surface area (Å²) in [6, 6.07) is 9.46. The Morgan fingerprint density at radius 3 is 2.44 bits per heavy atom. The SMILES string of the molecule is COCCOCC(O)CCC(O)c1ccccc1. The summed E-state index contributed by atoms with van der Waals surface area (Å²) in [5, 5.41) is 19.6. The lowest BCUT2D eigenvalue weighted by Gasteiger charge is -2.14. The molecule has 0 fully saturated rings. The van der Waals surface area contributed by atoms with E-state index in [2.05, 4.69) is 0 Å². The van der Waals surface area contributed by atoms with E-state index >= 15 is 0 Å². The first-order valence-electron chi connectivity index (χ1n) is 6.21. The van der Waals surface area contributed by atoms with Gasteiger partial charge in [-0.3, -0.25) is 0 Å². The van der Waals surface area contributed by atoms with Crippen LogP contribution < -0.4 is 0 Å². The number of benzene rings is 1. The van der Waals surface area contributed by atoms with Gasteiger partial charge in [0.1, 0.15) is 0 Å². The number of aliphatic hydroxyl groups excluding tert-OH is 2. The molecule has 0 amide bonds. The highest BCUT2D eigenvalue weighted by molar-refractivity contribution is 5.17. The van der Waals surface area contributed by atoms with Crippen molar-refractivity contribution in [2.45, 2.75) is 25.0 Å². The van der Waals surface area contributed by atoms with E-state index in [9.17, 15) is 10.2 Å². The maximum absolute atomic E-state index is 9.91. The van der Waals surface area contributed by atoms with Crippen molar-refractivity contribution in [1.29, 1.82) is 0 Å². The quantitative estimate of drug-likeness (QED) is 0.656. The van der Waals surface area contributed by atoms with Gasteiger partial charge >= 0.3 is 0 Å². The summed E-state index contributed by atoms with van der Waals surface area (Å²) < 4.78 is 10.1. The van der Waals surface area contributed by atoms with Crippen molar-refractivity contribution in [3.05, 3.63) is 35.9 Å². The van der Waals surface area contributed by atoms with Crippen molar-refractivity contribution >= 4 is 0 Å². The largest absolute Gasteiger partial charge is 0.391 e. The fraction of sp³-hybridized carbons (Fsp3) is 0.571. The summed E-state index contributed by atoms with van der Waals surface area (Å²) >= 11 is 0. The van der Waals surface area contributed by atoms with Gasteiger partial charge in [0.2, 0.25) is 0 Å². The Kier molecular flexibility index (Phi) is 7.60. The van der Waals surface area contributed by atoms with Crippen molar-refractivity contribution in [2.24, 2.45) is 0 Å². The third-order valence-corrected chi connectivity index (χ3v) is 2.70. The van der Waals surface area contributed by atoms with Crippen LogP contribution in [-0.4, -0.2) is 43.2 Å². The van der Waals surface area contributed by atoms with E-state index in [0.717, 1.165) is 5.56 Å². The smallest absolute Gasteiger partial charge is 0.0791 e. The molecule has 4 nitrogen and oxygen atoms in total. The molecule has 2 atom stereocenters. The van der Waals surface area contributed by atoms with Gasteiger partial charge in [-0.25, -0.2) is 0 Å². The van der Waals surface area contributed by atoms with E-state index in [1.54, 1.807) is 7.11 Å². The molecule has 0 heterocycles. The van der Waals surface area contributed by atoms with Gasteiger partial charge in [-0.05, 0) is 18.4 Å². The molecule has 0 aromatic heterocycles. The zero-order valence-corrected chi connectivity index (χ0v) is 10.8. The lowest BCUT2D eigenvalue weighted by atomic mass is 10.0. The third kappa shape index (κ3) is 6.12. The summed E-state index contributed by atoms with van der Waals surface area (Å²) in [5.74, 6) is 0. The molecule has 4 heteroatoms. The molecule has 0 spiro atoms. The monoisotopic (exact) mass is 254 g/mol. The van der Waals surface area contributed by atoms with Crippen molar-refractivity contribution in [1.82, 2.24) is 0 Å². The Balaban J connectivity index is 2.16. The average molecular weight is 254 g/mol. The molecule has 0 aliphatic rings. The van der Waals surface area contributed by atoms with Crippen LogP contribution in [0.2, 0.25) is 0 Å². The molecule has 102 valence electrons. The molecule has 0 saturated carbocycles. The van der Waals surface area contributed by atoms with Crippen LogP contribution in [-0.2, 0) is 9.47 Å². The predicted octanol–water partition coefficient (Wildman–Crippen LogP) is 1.52. The minimum Gasteiger partial charge on any atom is -0.391 e. The van der Waals surface area contributed by atoms with Crippen molar-refractivity contribution in [3.63, 3.8) is 0 Å². The van der Waals surface area contributed by atoms with Gasteiger partial charge in [-0.2, -0.15) is 0 Å². The topological polar surface area (TPSA) is 58.9 Å². The normalized spacial score (nSPS) is 14.4. The fourth-order valence-corrected chi connectivity index (χ4v) is 1.64. The number of hydrogen-bond donors (Lipinski definition) is 2. The first-order valence-corrected chi connectivity index (χ1v) is 6.21. The first kappa shape index (κ1) is 15.1. The summed E-state index contributed by atoms with van der Waals surface area (Å²) in [4.78, 5) is 0. The fourth-order valence-electron chi connectivity index (χ4n) is 1.64. The Morgan fingerprint density at radius 1 is 1.06 bits per heavy atom. The molecule has 0 aliphatic carbocycles. The number of rotatable bonds is 9. The lowest BCUT2D eigenvalue weighted by molar-refractivity contribution is 0.00472. The van der Waals surface area contributed by atoms with Gasteiger partial charge in [0.25, 0.3) is 0 Å². The van der Waals surface area contributed by atoms with Crippen LogP contribution >= 0.6 is 0 Å². The minimum absolute atomic E-state index is 0.283. The number of hydrogen-bond acceptors (Lipinski definition) is 4. The van der Waals surface area contributed by atoms with Crippen LogP contribution in [0.4, 0.5) is 0 Å². The second-order valence-electron chi connectivity index (χ2n) is 4.23. The van der Waals surface area contributed by atoms with Crippen molar-refractivity contribution < 1.29 is 19.7 Å². The highest BCUT2D eigenvalue weighted by atomic mass is 16.5. The highest BCUT2D eigenvalue weighted by Gasteiger charge is 2.10. The molecule has 1 aromatic rings. The maximum atomic E-state index is 9.91. The second kappa shape index (κ2) is 9.05. The summed E-state index contributed by atoms with van der Waals surface area (Å²) in [6.07, 6.45) is -0.0259. The third-order valence-electron chi connectivity index (χ3n) is 2.70. The van der Waals surface area contributed by atoms with E-state index in [1.165, 1.54) is 0 Å². The molecule has 0 bridgehead atoms. The summed E-state index contributed by atoms with van der Waals surface area (Å²) in [5.41, 5.74) is 0.880. The molecule has 1 rings (SSSR count). The van der Waals surface area contributed by atoms with Crippen LogP contribution in [0.1, 0.15) is 24.5 Å². The van der Waals surface area contributed by atoms with Crippen molar-refractivity contribution in [3.8, 4) is 0 Å². The minimum atomic E-state index is -0.541. The van der Waals surface area contributed by atoms with Gasteiger partial charge in [0.05, 0.1) is 32.0 Å². The molecule has 2 N–H and O–H groups in total. The molecular formula is C14H22O4. The van der Waals surface area contributed by atoms with E-state index in [-0.39, 0.29) is 6.61 Å². The van der Waals surface area contributed by atoms with E-state index in [4.69, 9.17) is 9.47 Å².